The second-order valence-electron chi connectivity index (χ2n) is 5.29. The van der Waals surface area contributed by atoms with Gasteiger partial charge in [0.25, 0.3) is 0 Å². The zero-order chi connectivity index (χ0) is 14.7. The highest BCUT2D eigenvalue weighted by atomic mass is 35.5. The molecule has 0 bridgehead atoms. The number of methoxy groups -OCH3 is 1. The van der Waals surface area contributed by atoms with Crippen molar-refractivity contribution >= 4 is 11.6 Å². The molecule has 1 fully saturated rings. The van der Waals surface area contributed by atoms with Crippen LogP contribution in [0.25, 0.3) is 11.3 Å². The normalized spacial score (nSPS) is 14.4. The van der Waals surface area contributed by atoms with Gasteiger partial charge in [0.1, 0.15) is 5.75 Å². The highest BCUT2D eigenvalue weighted by Gasteiger charge is 2.19. The van der Waals surface area contributed by atoms with Gasteiger partial charge >= 0.3 is 0 Å². The fourth-order valence-corrected chi connectivity index (χ4v) is 2.43. The van der Waals surface area contributed by atoms with Crippen molar-refractivity contribution < 1.29 is 9.15 Å². The number of nitrogens with zero attached hydrogens (tertiary/aromatic N) is 1. The zero-order valence-electron chi connectivity index (χ0n) is 12.1. The second kappa shape index (κ2) is 6.50. The average molecular weight is 307 g/mol. The van der Waals surface area contributed by atoms with Crippen LogP contribution in [0.5, 0.6) is 5.75 Å². The van der Waals surface area contributed by atoms with E-state index < -0.39 is 0 Å². The van der Waals surface area contributed by atoms with E-state index in [2.05, 4.69) is 10.3 Å². The van der Waals surface area contributed by atoms with Crippen LogP contribution in [0.4, 0.5) is 0 Å². The highest BCUT2D eigenvalue weighted by molar-refractivity contribution is 6.30. The minimum absolute atomic E-state index is 0.650. The smallest absolute Gasteiger partial charge is 0.194 e. The monoisotopic (exact) mass is 306 g/mol. The quantitative estimate of drug-likeness (QED) is 0.793. The molecule has 0 unspecified atom stereocenters. The van der Waals surface area contributed by atoms with E-state index in [4.69, 9.17) is 20.8 Å². The molecule has 4 nitrogen and oxygen atoms in total. The molecule has 2 aromatic rings. The lowest BCUT2D eigenvalue weighted by molar-refractivity contribution is 0.413. The lowest BCUT2D eigenvalue weighted by atomic mass is 10.1. The van der Waals surface area contributed by atoms with Crippen LogP contribution in [-0.2, 0) is 6.42 Å². The van der Waals surface area contributed by atoms with E-state index >= 15 is 0 Å². The first-order chi connectivity index (χ1) is 10.3. The molecule has 5 heteroatoms. The van der Waals surface area contributed by atoms with Gasteiger partial charge in [0, 0.05) is 17.5 Å². The minimum Gasteiger partial charge on any atom is -0.496 e. The van der Waals surface area contributed by atoms with Gasteiger partial charge in [0.15, 0.2) is 11.7 Å². The van der Waals surface area contributed by atoms with Crippen LogP contribution in [-0.4, -0.2) is 24.7 Å². The summed E-state index contributed by atoms with van der Waals surface area (Å²) in [4.78, 5) is 4.34. The van der Waals surface area contributed by atoms with E-state index in [0.717, 1.165) is 42.6 Å². The summed E-state index contributed by atoms with van der Waals surface area (Å²) >= 11 is 6.04. The van der Waals surface area contributed by atoms with Gasteiger partial charge < -0.3 is 14.5 Å². The van der Waals surface area contributed by atoms with Crippen LogP contribution in [0.1, 0.15) is 25.2 Å². The minimum atomic E-state index is 0.650. The molecule has 0 aliphatic heterocycles. The van der Waals surface area contributed by atoms with Crippen molar-refractivity contribution in [1.29, 1.82) is 0 Å². The largest absolute Gasteiger partial charge is 0.496 e. The van der Waals surface area contributed by atoms with Gasteiger partial charge in [0.05, 0.1) is 18.9 Å². The lowest BCUT2D eigenvalue weighted by Gasteiger charge is -2.05. The molecule has 112 valence electrons. The van der Waals surface area contributed by atoms with Crippen molar-refractivity contribution in [3.63, 3.8) is 0 Å². The van der Waals surface area contributed by atoms with Crippen molar-refractivity contribution in [2.75, 3.05) is 13.7 Å². The number of hydrogen-bond donors (Lipinski definition) is 1. The van der Waals surface area contributed by atoms with Crippen LogP contribution in [0.3, 0.4) is 0 Å². The molecular weight excluding hydrogens is 288 g/mol. The fourth-order valence-electron chi connectivity index (χ4n) is 2.26. The molecule has 1 aromatic carbocycles. The number of oxazole rings is 1. The maximum atomic E-state index is 6.04. The molecule has 0 radical (unpaired) electrons. The number of aromatic nitrogens is 1. The highest BCUT2D eigenvalue weighted by Crippen LogP contribution is 2.33. The molecule has 0 amide bonds. The van der Waals surface area contributed by atoms with Gasteiger partial charge in [-0.2, -0.15) is 0 Å². The Kier molecular flexibility index (Phi) is 4.46. The molecule has 1 aromatic heterocycles. The third kappa shape index (κ3) is 3.77. The van der Waals surface area contributed by atoms with E-state index in [1.807, 2.05) is 12.1 Å². The third-order valence-corrected chi connectivity index (χ3v) is 3.79. The molecule has 1 saturated carbocycles. The van der Waals surface area contributed by atoms with Gasteiger partial charge in [-0.05, 0) is 44.0 Å². The summed E-state index contributed by atoms with van der Waals surface area (Å²) in [7, 11) is 1.63. The van der Waals surface area contributed by atoms with Gasteiger partial charge in [-0.25, -0.2) is 4.98 Å². The first-order valence-electron chi connectivity index (χ1n) is 7.28. The van der Waals surface area contributed by atoms with E-state index in [-0.39, 0.29) is 0 Å². The van der Waals surface area contributed by atoms with Gasteiger partial charge in [-0.15, -0.1) is 0 Å². The third-order valence-electron chi connectivity index (χ3n) is 3.56. The van der Waals surface area contributed by atoms with Gasteiger partial charge in [-0.3, -0.25) is 0 Å². The summed E-state index contributed by atoms with van der Waals surface area (Å²) in [6, 6.07) is 6.21. The maximum Gasteiger partial charge on any atom is 0.194 e. The van der Waals surface area contributed by atoms with Crippen molar-refractivity contribution in [3.8, 4) is 17.1 Å². The summed E-state index contributed by atoms with van der Waals surface area (Å²) < 4.78 is 11.2. The molecule has 1 N–H and O–H groups in total. The van der Waals surface area contributed by atoms with Gasteiger partial charge in [0.2, 0.25) is 0 Å². The number of nitrogens with one attached hydrogen (secondary N) is 1. The Morgan fingerprint density at radius 1 is 1.43 bits per heavy atom. The topological polar surface area (TPSA) is 47.3 Å². The molecular formula is C16H19ClN2O2. The number of aryl methyl sites for hydroxylation is 1. The predicted octanol–water partition coefficient (Wildman–Crippen LogP) is 3.69. The standard InChI is InChI=1S/C16H19ClN2O2/c1-20-14-7-4-11(17)9-13(14)15-10-19-16(21-15)3-2-8-18-12-5-6-12/h4,7,9-10,12,18H,2-3,5-6,8H2,1H3. The fraction of sp³-hybridized carbons (Fsp3) is 0.438. The van der Waals surface area contributed by atoms with Crippen molar-refractivity contribution in [2.45, 2.75) is 31.7 Å². The van der Waals surface area contributed by atoms with Crippen LogP contribution >= 0.6 is 11.6 Å². The summed E-state index contributed by atoms with van der Waals surface area (Å²) in [6.07, 6.45) is 6.24. The number of halogens is 1. The van der Waals surface area contributed by atoms with Crippen molar-refractivity contribution in [3.05, 3.63) is 35.3 Å². The van der Waals surface area contributed by atoms with Crippen LogP contribution in [0.2, 0.25) is 5.02 Å². The number of benzene rings is 1. The Labute approximate surface area is 129 Å². The van der Waals surface area contributed by atoms with Crippen molar-refractivity contribution in [2.24, 2.45) is 0 Å². The molecule has 0 spiro atoms. The first-order valence-corrected chi connectivity index (χ1v) is 7.66. The second-order valence-corrected chi connectivity index (χ2v) is 5.73. The number of hydrogen-bond acceptors (Lipinski definition) is 4. The van der Waals surface area contributed by atoms with E-state index in [1.54, 1.807) is 19.4 Å². The van der Waals surface area contributed by atoms with Gasteiger partial charge in [-0.1, -0.05) is 11.6 Å². The first kappa shape index (κ1) is 14.4. The van der Waals surface area contributed by atoms with E-state index in [0.29, 0.717) is 10.8 Å². The van der Waals surface area contributed by atoms with Crippen LogP contribution in [0.15, 0.2) is 28.8 Å². The van der Waals surface area contributed by atoms with Crippen LogP contribution < -0.4 is 10.1 Å². The predicted molar refractivity (Wildman–Crippen MR) is 82.8 cm³/mol. The molecule has 1 heterocycles. The summed E-state index contributed by atoms with van der Waals surface area (Å²) in [5.41, 5.74) is 0.833. The summed E-state index contributed by atoms with van der Waals surface area (Å²) in [5.74, 6) is 2.18. The molecule has 3 rings (SSSR count). The Morgan fingerprint density at radius 2 is 2.29 bits per heavy atom. The number of ether oxygens (including phenoxy) is 1. The Hall–Kier alpha value is -1.52. The SMILES string of the molecule is COc1ccc(Cl)cc1-c1cnc(CCCNC2CC2)o1. The maximum absolute atomic E-state index is 6.04. The average Bonchev–Trinajstić information content (AvgIpc) is 3.20. The summed E-state index contributed by atoms with van der Waals surface area (Å²) in [6.45, 7) is 1.02. The molecule has 1 aliphatic carbocycles. The lowest BCUT2D eigenvalue weighted by Crippen LogP contribution is -2.17. The number of rotatable bonds is 7. The molecule has 0 saturated heterocycles. The molecule has 21 heavy (non-hydrogen) atoms. The summed E-state index contributed by atoms with van der Waals surface area (Å²) in [5, 5.41) is 4.13. The zero-order valence-corrected chi connectivity index (χ0v) is 12.8. The van der Waals surface area contributed by atoms with E-state index in [9.17, 15) is 0 Å². The van der Waals surface area contributed by atoms with E-state index in [1.165, 1.54) is 12.8 Å². The Morgan fingerprint density at radius 3 is 3.05 bits per heavy atom. The Bertz CT molecular complexity index is 608. The van der Waals surface area contributed by atoms with Crippen molar-refractivity contribution in [1.82, 2.24) is 10.3 Å². The Balaban J connectivity index is 1.64. The molecule has 0 atom stereocenters. The van der Waals surface area contributed by atoms with Crippen LogP contribution in [0, 0.1) is 0 Å². The molecule has 1 aliphatic rings.